The zero-order chi connectivity index (χ0) is 8.55. The fraction of sp³-hybridized carbons (Fsp3) is 0.444. The Labute approximate surface area is 76.4 Å². The summed E-state index contributed by atoms with van der Waals surface area (Å²) in [5.74, 6) is 0. The smallest absolute Gasteiger partial charge is 0.286 e. The molecule has 3 heteroatoms. The van der Waals surface area contributed by atoms with Crippen LogP contribution in [0.2, 0.25) is 5.15 Å². The van der Waals surface area contributed by atoms with Gasteiger partial charge < -0.3 is 5.21 Å². The molecule has 2 nitrogen and oxygen atoms in total. The molecule has 0 unspecified atom stereocenters. The molecule has 0 spiro atoms. The Morgan fingerprint density at radius 2 is 2.00 bits per heavy atom. The predicted octanol–water partition coefficient (Wildman–Crippen LogP) is 1.85. The number of nitrogens with zero attached hydrogens (tertiary/aromatic N) is 1. The predicted molar refractivity (Wildman–Crippen MR) is 47.1 cm³/mol. The normalized spacial score (nSPS) is 15.8. The molecule has 64 valence electrons. The van der Waals surface area contributed by atoms with E-state index in [0.29, 0.717) is 0 Å². The number of hydrogen-bond acceptors (Lipinski definition) is 1. The van der Waals surface area contributed by atoms with Crippen molar-refractivity contribution < 1.29 is 4.73 Å². The number of pyridine rings is 1. The summed E-state index contributed by atoms with van der Waals surface area (Å²) in [6.45, 7) is 0. The first-order chi connectivity index (χ1) is 5.79. The highest BCUT2D eigenvalue weighted by Crippen LogP contribution is 2.19. The number of halogens is 1. The second-order valence-corrected chi connectivity index (χ2v) is 3.52. The number of rotatable bonds is 0. The zero-order valence-corrected chi connectivity index (χ0v) is 7.47. The Balaban J connectivity index is 2.54. The molecule has 0 aliphatic heterocycles. The maximum Gasteiger partial charge on any atom is 0.286 e. The number of aryl methyl sites for hydroxylation is 1. The first kappa shape index (κ1) is 7.87. The van der Waals surface area contributed by atoms with Gasteiger partial charge in [-0.2, -0.15) is 4.73 Å². The van der Waals surface area contributed by atoms with Crippen molar-refractivity contribution in [1.29, 1.82) is 0 Å². The first-order valence-electron chi connectivity index (χ1n) is 4.19. The van der Waals surface area contributed by atoms with Gasteiger partial charge in [-0.15, -0.1) is 0 Å². The van der Waals surface area contributed by atoms with Gasteiger partial charge in [0.15, 0.2) is 5.69 Å². The highest BCUT2D eigenvalue weighted by atomic mass is 35.5. The Bertz CT molecular complexity index is 312. The van der Waals surface area contributed by atoms with E-state index in [0.717, 1.165) is 29.7 Å². The molecule has 0 bridgehead atoms. The van der Waals surface area contributed by atoms with Crippen molar-refractivity contribution in [2.75, 3.05) is 0 Å². The molecule has 0 saturated carbocycles. The summed E-state index contributed by atoms with van der Waals surface area (Å²) in [5.41, 5.74) is 2.04. The van der Waals surface area contributed by atoms with Gasteiger partial charge in [0.05, 0.1) is 0 Å². The van der Waals surface area contributed by atoms with Crippen molar-refractivity contribution in [3.05, 3.63) is 33.8 Å². The third kappa shape index (κ3) is 1.16. The summed E-state index contributed by atoms with van der Waals surface area (Å²) >= 11 is 5.70. The maximum atomic E-state index is 11.4. The van der Waals surface area contributed by atoms with Crippen LogP contribution in [0.15, 0.2) is 12.1 Å². The molecule has 0 amide bonds. The molecule has 2 rings (SSSR count). The second-order valence-electron chi connectivity index (χ2n) is 3.13. The molecule has 0 N–H and O–H groups in total. The minimum Gasteiger partial charge on any atom is -0.617 e. The van der Waals surface area contributed by atoms with Gasteiger partial charge in [-0.3, -0.25) is 0 Å². The Kier molecular flexibility index (Phi) is 1.93. The van der Waals surface area contributed by atoms with Crippen LogP contribution in [0.4, 0.5) is 0 Å². The van der Waals surface area contributed by atoms with Crippen LogP contribution >= 0.6 is 11.6 Å². The third-order valence-corrected chi connectivity index (χ3v) is 2.62. The molecule has 0 radical (unpaired) electrons. The third-order valence-electron chi connectivity index (χ3n) is 2.34. The molecule has 0 saturated heterocycles. The molecule has 12 heavy (non-hydrogen) atoms. The number of hydrogen-bond donors (Lipinski definition) is 0. The highest BCUT2D eigenvalue weighted by Gasteiger charge is 2.18. The van der Waals surface area contributed by atoms with Crippen molar-refractivity contribution in [1.82, 2.24) is 0 Å². The molecule has 1 heterocycles. The summed E-state index contributed by atoms with van der Waals surface area (Å²) in [4.78, 5) is 0. The van der Waals surface area contributed by atoms with Gasteiger partial charge in [0.1, 0.15) is 0 Å². The van der Waals surface area contributed by atoms with Crippen molar-refractivity contribution in [2.24, 2.45) is 0 Å². The Hall–Kier alpha value is -0.760. The SMILES string of the molecule is [O-][n+]1c(Cl)ccc2c1CCCC2. The van der Waals surface area contributed by atoms with Crippen LogP contribution in [0.1, 0.15) is 24.1 Å². The average molecular weight is 184 g/mol. The fourth-order valence-corrected chi connectivity index (χ4v) is 1.86. The lowest BCUT2D eigenvalue weighted by molar-refractivity contribution is -0.612. The van der Waals surface area contributed by atoms with Crippen molar-refractivity contribution >= 4 is 11.6 Å². The van der Waals surface area contributed by atoms with E-state index >= 15 is 0 Å². The Morgan fingerprint density at radius 1 is 1.25 bits per heavy atom. The lowest BCUT2D eigenvalue weighted by Crippen LogP contribution is -2.35. The van der Waals surface area contributed by atoms with Gasteiger partial charge in [0, 0.05) is 18.1 Å². The zero-order valence-electron chi connectivity index (χ0n) is 6.72. The summed E-state index contributed by atoms with van der Waals surface area (Å²) in [7, 11) is 0. The molecule has 1 aliphatic rings. The van der Waals surface area contributed by atoms with Gasteiger partial charge in [0.25, 0.3) is 5.15 Å². The molecular weight excluding hydrogens is 174 g/mol. The van der Waals surface area contributed by atoms with Gasteiger partial charge in [-0.25, -0.2) is 0 Å². The van der Waals surface area contributed by atoms with Crippen LogP contribution in [0, 0.1) is 5.21 Å². The van der Waals surface area contributed by atoms with E-state index in [-0.39, 0.29) is 5.15 Å². The standard InChI is InChI=1S/C9H10ClNO/c10-9-6-5-7-3-1-2-4-8(7)11(9)12/h5-6H,1-4H2. The second kappa shape index (κ2) is 2.94. The average Bonchev–Trinajstić information content (AvgIpc) is 2.12. The van der Waals surface area contributed by atoms with Gasteiger partial charge >= 0.3 is 0 Å². The minimum absolute atomic E-state index is 0.288. The van der Waals surface area contributed by atoms with E-state index in [1.54, 1.807) is 6.07 Å². The van der Waals surface area contributed by atoms with Crippen LogP contribution in [-0.2, 0) is 12.8 Å². The fourth-order valence-electron chi connectivity index (χ4n) is 1.69. The van der Waals surface area contributed by atoms with E-state index < -0.39 is 0 Å². The summed E-state index contributed by atoms with van der Waals surface area (Å²) in [5, 5.41) is 11.7. The van der Waals surface area contributed by atoms with Gasteiger partial charge in [0.2, 0.25) is 0 Å². The van der Waals surface area contributed by atoms with E-state index in [1.807, 2.05) is 6.07 Å². The monoisotopic (exact) mass is 183 g/mol. The van der Waals surface area contributed by atoms with Crippen LogP contribution in [0.5, 0.6) is 0 Å². The topological polar surface area (TPSA) is 26.9 Å². The lowest BCUT2D eigenvalue weighted by atomic mass is 9.96. The van der Waals surface area contributed by atoms with Gasteiger partial charge in [-0.1, -0.05) is 0 Å². The lowest BCUT2D eigenvalue weighted by Gasteiger charge is -2.14. The quantitative estimate of drug-likeness (QED) is 0.343. The maximum absolute atomic E-state index is 11.4. The molecule has 1 aromatic heterocycles. The van der Waals surface area contributed by atoms with Crippen LogP contribution in [0.25, 0.3) is 0 Å². The minimum atomic E-state index is 0.288. The summed E-state index contributed by atoms with van der Waals surface area (Å²) in [6, 6.07) is 3.64. The van der Waals surface area contributed by atoms with E-state index in [4.69, 9.17) is 11.6 Å². The molecular formula is C9H10ClNO. The van der Waals surface area contributed by atoms with E-state index in [9.17, 15) is 5.21 Å². The number of aromatic nitrogens is 1. The largest absolute Gasteiger partial charge is 0.617 e. The molecule has 1 aromatic rings. The van der Waals surface area contributed by atoms with Crippen molar-refractivity contribution in [2.45, 2.75) is 25.7 Å². The van der Waals surface area contributed by atoms with Crippen LogP contribution in [-0.4, -0.2) is 0 Å². The molecule has 1 aliphatic carbocycles. The molecule has 0 aromatic carbocycles. The first-order valence-corrected chi connectivity index (χ1v) is 4.56. The van der Waals surface area contributed by atoms with Gasteiger partial charge in [-0.05, 0) is 36.9 Å². The van der Waals surface area contributed by atoms with Crippen molar-refractivity contribution in [3.63, 3.8) is 0 Å². The van der Waals surface area contributed by atoms with E-state index in [2.05, 4.69) is 0 Å². The van der Waals surface area contributed by atoms with Crippen LogP contribution < -0.4 is 4.73 Å². The Morgan fingerprint density at radius 3 is 2.83 bits per heavy atom. The summed E-state index contributed by atoms with van der Waals surface area (Å²) < 4.78 is 0.857. The molecule has 0 fully saturated rings. The van der Waals surface area contributed by atoms with Crippen LogP contribution in [0.3, 0.4) is 0 Å². The number of fused-ring (bicyclic) bond motifs is 1. The molecule has 0 atom stereocenters. The summed E-state index contributed by atoms with van der Waals surface area (Å²) in [6.07, 6.45) is 4.19. The van der Waals surface area contributed by atoms with E-state index in [1.165, 1.54) is 12.0 Å². The van der Waals surface area contributed by atoms with Crippen molar-refractivity contribution in [3.8, 4) is 0 Å². The highest BCUT2D eigenvalue weighted by molar-refractivity contribution is 6.28.